The van der Waals surface area contributed by atoms with Gasteiger partial charge in [-0.15, -0.1) is 0 Å². The van der Waals surface area contributed by atoms with E-state index in [0.29, 0.717) is 6.07 Å². The van der Waals surface area contributed by atoms with Crippen LogP contribution in [0.5, 0.6) is 0 Å². The van der Waals surface area contributed by atoms with Crippen molar-refractivity contribution in [2.24, 2.45) is 0 Å². The maximum absolute atomic E-state index is 13.7. The lowest BCUT2D eigenvalue weighted by molar-refractivity contribution is 0.585. The Labute approximate surface area is 113 Å². The molecule has 0 amide bonds. The molecule has 0 atom stereocenters. The van der Waals surface area contributed by atoms with E-state index in [9.17, 15) is 17.2 Å². The number of hydrogen-bond donors (Lipinski definition) is 0. The molecular formula is C12H7F2N3O2S. The van der Waals surface area contributed by atoms with E-state index in [0.717, 1.165) is 24.6 Å². The van der Waals surface area contributed by atoms with Crippen LogP contribution >= 0.6 is 0 Å². The van der Waals surface area contributed by atoms with Gasteiger partial charge in [0.05, 0.1) is 0 Å². The minimum Gasteiger partial charge on any atom is -0.226 e. The molecule has 0 aliphatic heterocycles. The summed E-state index contributed by atoms with van der Waals surface area (Å²) >= 11 is 0. The van der Waals surface area contributed by atoms with E-state index in [-0.39, 0.29) is 16.8 Å². The van der Waals surface area contributed by atoms with Crippen LogP contribution in [-0.2, 0) is 9.84 Å². The van der Waals surface area contributed by atoms with Gasteiger partial charge in [-0.2, -0.15) is 5.26 Å². The zero-order valence-corrected chi connectivity index (χ0v) is 10.9. The Morgan fingerprint density at radius 1 is 1.25 bits per heavy atom. The van der Waals surface area contributed by atoms with Gasteiger partial charge >= 0.3 is 0 Å². The average molecular weight is 295 g/mol. The quantitative estimate of drug-likeness (QED) is 0.787. The van der Waals surface area contributed by atoms with Gasteiger partial charge in [0.2, 0.25) is 15.0 Å². The van der Waals surface area contributed by atoms with Crippen molar-refractivity contribution in [3.63, 3.8) is 0 Å². The van der Waals surface area contributed by atoms with Gasteiger partial charge in [-0.3, -0.25) is 0 Å². The summed E-state index contributed by atoms with van der Waals surface area (Å²) < 4.78 is 49.1. The van der Waals surface area contributed by atoms with Gasteiger partial charge in [0.25, 0.3) is 0 Å². The smallest absolute Gasteiger partial charge is 0.226 e. The Kier molecular flexibility index (Phi) is 3.46. The van der Waals surface area contributed by atoms with Crippen LogP contribution in [0.3, 0.4) is 0 Å². The standard InChI is InChI=1S/C12H7F2N3O2S/c1-20(18,19)12-16-6-9(11(5-15)17-12)8-3-2-7(13)4-10(8)14/h2-4,6H,1H3. The number of halogens is 2. The highest BCUT2D eigenvalue weighted by Crippen LogP contribution is 2.25. The maximum atomic E-state index is 13.7. The Morgan fingerprint density at radius 3 is 2.50 bits per heavy atom. The molecule has 5 nitrogen and oxygen atoms in total. The second-order valence-electron chi connectivity index (χ2n) is 3.92. The van der Waals surface area contributed by atoms with Crippen LogP contribution in [0.25, 0.3) is 11.1 Å². The first-order valence-corrected chi connectivity index (χ1v) is 7.14. The molecule has 0 spiro atoms. The number of hydrogen-bond acceptors (Lipinski definition) is 5. The Bertz CT molecular complexity index is 829. The summed E-state index contributed by atoms with van der Waals surface area (Å²) in [5, 5.41) is 8.46. The van der Waals surface area contributed by atoms with Gasteiger partial charge in [-0.05, 0) is 12.1 Å². The molecule has 0 unspecified atom stereocenters. The highest BCUT2D eigenvalue weighted by atomic mass is 32.2. The molecule has 20 heavy (non-hydrogen) atoms. The highest BCUT2D eigenvalue weighted by molar-refractivity contribution is 7.90. The molecule has 0 aliphatic rings. The van der Waals surface area contributed by atoms with E-state index in [1.165, 1.54) is 0 Å². The van der Waals surface area contributed by atoms with Gasteiger partial charge < -0.3 is 0 Å². The zero-order chi connectivity index (χ0) is 14.9. The molecule has 0 saturated carbocycles. The summed E-state index contributed by atoms with van der Waals surface area (Å²) in [6, 6.07) is 4.47. The molecule has 0 saturated heterocycles. The molecule has 2 rings (SSSR count). The third-order valence-corrected chi connectivity index (χ3v) is 3.29. The summed E-state index contributed by atoms with van der Waals surface area (Å²) in [5.74, 6) is -1.66. The first kappa shape index (κ1) is 14.0. The molecule has 1 aromatic heterocycles. The second-order valence-corrected chi connectivity index (χ2v) is 5.83. The molecule has 1 aromatic carbocycles. The van der Waals surface area contributed by atoms with Crippen molar-refractivity contribution in [1.82, 2.24) is 9.97 Å². The van der Waals surface area contributed by atoms with Gasteiger partial charge in [-0.25, -0.2) is 27.2 Å². The molecule has 8 heteroatoms. The van der Waals surface area contributed by atoms with E-state index in [1.54, 1.807) is 6.07 Å². The normalized spacial score (nSPS) is 11.1. The summed E-state index contributed by atoms with van der Waals surface area (Å²) in [5.41, 5.74) is -0.383. The van der Waals surface area contributed by atoms with Crippen molar-refractivity contribution in [2.75, 3.05) is 6.26 Å². The summed E-state index contributed by atoms with van der Waals surface area (Å²) in [6.07, 6.45) is 1.92. The fourth-order valence-corrected chi connectivity index (χ4v) is 2.04. The summed E-state index contributed by atoms with van der Waals surface area (Å²) in [7, 11) is -3.68. The minimum atomic E-state index is -3.68. The third kappa shape index (κ3) is 2.62. The van der Waals surface area contributed by atoms with E-state index in [4.69, 9.17) is 5.26 Å². The van der Waals surface area contributed by atoms with Crippen LogP contribution in [-0.4, -0.2) is 24.6 Å². The Hall–Kier alpha value is -2.40. The summed E-state index contributed by atoms with van der Waals surface area (Å²) in [4.78, 5) is 7.17. The van der Waals surface area contributed by atoms with Crippen LogP contribution in [0, 0.1) is 23.0 Å². The number of benzene rings is 1. The molecule has 0 bridgehead atoms. The minimum absolute atomic E-state index is 0.00241. The molecule has 0 radical (unpaired) electrons. The van der Waals surface area contributed by atoms with Crippen LogP contribution in [0.15, 0.2) is 29.6 Å². The predicted molar refractivity (Wildman–Crippen MR) is 65.2 cm³/mol. The van der Waals surface area contributed by atoms with Crippen LogP contribution < -0.4 is 0 Å². The fourth-order valence-electron chi connectivity index (χ4n) is 1.53. The number of sulfone groups is 1. The highest BCUT2D eigenvalue weighted by Gasteiger charge is 2.17. The zero-order valence-electron chi connectivity index (χ0n) is 10.1. The van der Waals surface area contributed by atoms with E-state index in [1.807, 2.05) is 0 Å². The Morgan fingerprint density at radius 2 is 1.95 bits per heavy atom. The van der Waals surface area contributed by atoms with Gasteiger partial charge in [0.15, 0.2) is 5.69 Å². The van der Waals surface area contributed by atoms with Crippen molar-refractivity contribution in [3.8, 4) is 17.2 Å². The van der Waals surface area contributed by atoms with E-state index >= 15 is 0 Å². The lowest BCUT2D eigenvalue weighted by Gasteiger charge is -2.06. The average Bonchev–Trinajstić information content (AvgIpc) is 2.37. The molecule has 102 valence electrons. The number of nitrogens with zero attached hydrogens (tertiary/aromatic N) is 3. The molecule has 2 aromatic rings. The van der Waals surface area contributed by atoms with Crippen molar-refractivity contribution in [1.29, 1.82) is 5.26 Å². The van der Waals surface area contributed by atoms with Crippen LogP contribution in [0.4, 0.5) is 8.78 Å². The first-order valence-electron chi connectivity index (χ1n) is 5.25. The van der Waals surface area contributed by atoms with Crippen molar-refractivity contribution in [3.05, 3.63) is 41.7 Å². The van der Waals surface area contributed by atoms with Gasteiger partial charge in [0, 0.05) is 29.6 Å². The van der Waals surface area contributed by atoms with E-state index in [2.05, 4.69) is 9.97 Å². The second kappa shape index (κ2) is 4.94. The fraction of sp³-hybridized carbons (Fsp3) is 0.0833. The van der Waals surface area contributed by atoms with Gasteiger partial charge in [-0.1, -0.05) is 0 Å². The number of rotatable bonds is 2. The van der Waals surface area contributed by atoms with Crippen molar-refractivity contribution in [2.45, 2.75) is 5.16 Å². The number of aromatic nitrogens is 2. The Balaban J connectivity index is 2.67. The van der Waals surface area contributed by atoms with Crippen molar-refractivity contribution < 1.29 is 17.2 Å². The monoisotopic (exact) mass is 295 g/mol. The SMILES string of the molecule is CS(=O)(=O)c1ncc(-c2ccc(F)cc2F)c(C#N)n1. The third-order valence-electron chi connectivity index (χ3n) is 2.43. The summed E-state index contributed by atoms with van der Waals surface area (Å²) in [6.45, 7) is 0. The van der Waals surface area contributed by atoms with Gasteiger partial charge in [0.1, 0.15) is 17.7 Å². The van der Waals surface area contributed by atoms with Crippen LogP contribution in [0.2, 0.25) is 0 Å². The molecule has 0 N–H and O–H groups in total. The van der Waals surface area contributed by atoms with E-state index < -0.39 is 26.6 Å². The largest absolute Gasteiger partial charge is 0.248 e. The lowest BCUT2D eigenvalue weighted by atomic mass is 10.1. The first-order chi connectivity index (χ1) is 9.32. The van der Waals surface area contributed by atoms with Crippen LogP contribution in [0.1, 0.15) is 5.69 Å². The maximum Gasteiger partial charge on any atom is 0.248 e. The van der Waals surface area contributed by atoms with Crippen molar-refractivity contribution >= 4 is 9.84 Å². The topological polar surface area (TPSA) is 83.7 Å². The molecule has 0 aliphatic carbocycles. The number of nitriles is 1. The molecule has 0 fully saturated rings. The molecular weight excluding hydrogens is 288 g/mol. The lowest BCUT2D eigenvalue weighted by Crippen LogP contribution is -2.06. The predicted octanol–water partition coefficient (Wildman–Crippen LogP) is 1.70. The molecule has 1 heterocycles.